The highest BCUT2D eigenvalue weighted by atomic mass is 79.9. The van der Waals surface area contributed by atoms with Gasteiger partial charge in [-0.05, 0) is 24.6 Å². The first kappa shape index (κ1) is 14.7. The molecule has 0 aliphatic carbocycles. The fourth-order valence-electron chi connectivity index (χ4n) is 1.64. The smallest absolute Gasteiger partial charge is 0.300 e. The van der Waals surface area contributed by atoms with Gasteiger partial charge in [-0.15, -0.1) is 0 Å². The van der Waals surface area contributed by atoms with Crippen molar-refractivity contribution < 1.29 is 18.0 Å². The predicted molar refractivity (Wildman–Crippen MR) is 62.8 cm³/mol. The highest BCUT2D eigenvalue weighted by molar-refractivity contribution is 9.10. The molecule has 18 heavy (non-hydrogen) atoms. The van der Waals surface area contributed by atoms with Gasteiger partial charge in [0.15, 0.2) is 0 Å². The van der Waals surface area contributed by atoms with E-state index in [4.69, 9.17) is 5.26 Å². The van der Waals surface area contributed by atoms with E-state index in [-0.39, 0.29) is 22.2 Å². The van der Waals surface area contributed by atoms with Crippen molar-refractivity contribution in [1.29, 1.82) is 5.26 Å². The number of nitriles is 1. The van der Waals surface area contributed by atoms with E-state index in [1.807, 2.05) is 0 Å². The summed E-state index contributed by atoms with van der Waals surface area (Å²) in [5, 5.41) is 8.95. The van der Waals surface area contributed by atoms with Crippen molar-refractivity contribution in [3.8, 4) is 6.07 Å². The topological polar surface area (TPSA) is 40.9 Å². The minimum atomic E-state index is -4.55. The Kier molecular flexibility index (Phi) is 4.52. The number of halogens is 4. The molecule has 0 spiro atoms. The van der Waals surface area contributed by atoms with Crippen LogP contribution in [0, 0.1) is 11.3 Å². The highest BCUT2D eigenvalue weighted by Gasteiger charge is 2.36. The zero-order valence-corrected chi connectivity index (χ0v) is 11.0. The molecule has 6 heteroatoms. The molecule has 0 aromatic heterocycles. The largest absolute Gasteiger partial charge is 0.416 e. The third-order valence-electron chi connectivity index (χ3n) is 2.35. The quantitative estimate of drug-likeness (QED) is 0.843. The number of benzene rings is 1. The molecule has 1 aromatic carbocycles. The third-order valence-corrected chi connectivity index (χ3v) is 3.05. The summed E-state index contributed by atoms with van der Waals surface area (Å²) >= 11 is 3.01. The molecule has 0 aliphatic rings. The van der Waals surface area contributed by atoms with Crippen LogP contribution in [0.15, 0.2) is 22.7 Å². The molecule has 0 saturated carbocycles. The number of nitrogens with zero attached hydrogens (tertiary/aromatic N) is 1. The van der Waals surface area contributed by atoms with Crippen molar-refractivity contribution in [2.75, 3.05) is 0 Å². The maximum absolute atomic E-state index is 12.8. The second-order valence-corrected chi connectivity index (χ2v) is 4.64. The molecule has 0 heterocycles. The molecule has 0 saturated heterocycles. The molecule has 0 bridgehead atoms. The summed E-state index contributed by atoms with van der Waals surface area (Å²) in [5.74, 6) is -1.43. The molecule has 0 aliphatic heterocycles. The zero-order chi connectivity index (χ0) is 13.9. The van der Waals surface area contributed by atoms with E-state index >= 15 is 0 Å². The third kappa shape index (κ3) is 3.33. The number of rotatable bonds is 3. The first-order valence-corrected chi connectivity index (χ1v) is 5.81. The van der Waals surface area contributed by atoms with Crippen molar-refractivity contribution in [1.82, 2.24) is 0 Å². The van der Waals surface area contributed by atoms with Crippen LogP contribution in [-0.4, -0.2) is 5.78 Å². The van der Waals surface area contributed by atoms with Crippen molar-refractivity contribution in [3.63, 3.8) is 0 Å². The maximum atomic E-state index is 12.8. The molecule has 1 aromatic rings. The normalized spacial score (nSPS) is 12.9. The SMILES string of the molecule is CC(=O)CC(C#N)c1c(Br)cccc1C(F)(F)F. The van der Waals surface area contributed by atoms with Crippen LogP contribution in [0.2, 0.25) is 0 Å². The van der Waals surface area contributed by atoms with Gasteiger partial charge in [0.1, 0.15) is 5.78 Å². The van der Waals surface area contributed by atoms with Gasteiger partial charge in [0.2, 0.25) is 0 Å². The van der Waals surface area contributed by atoms with Gasteiger partial charge in [-0.25, -0.2) is 0 Å². The van der Waals surface area contributed by atoms with Gasteiger partial charge in [0.25, 0.3) is 0 Å². The Morgan fingerprint density at radius 1 is 1.50 bits per heavy atom. The number of Topliss-reactive ketones (excluding diaryl/α,β-unsaturated/α-hetero) is 1. The number of alkyl halides is 3. The minimum absolute atomic E-state index is 0.178. The van der Waals surface area contributed by atoms with Crippen LogP contribution in [0.3, 0.4) is 0 Å². The van der Waals surface area contributed by atoms with Gasteiger partial charge < -0.3 is 0 Å². The monoisotopic (exact) mass is 319 g/mol. The van der Waals surface area contributed by atoms with Gasteiger partial charge in [-0.2, -0.15) is 18.4 Å². The Morgan fingerprint density at radius 2 is 2.11 bits per heavy atom. The summed E-state index contributed by atoms with van der Waals surface area (Å²) in [4.78, 5) is 11.0. The van der Waals surface area contributed by atoms with Crippen LogP contribution >= 0.6 is 15.9 Å². The van der Waals surface area contributed by atoms with Crippen molar-refractivity contribution in [2.24, 2.45) is 0 Å². The summed E-state index contributed by atoms with van der Waals surface area (Å²) < 4.78 is 38.7. The second-order valence-electron chi connectivity index (χ2n) is 3.79. The van der Waals surface area contributed by atoms with Crippen LogP contribution in [0.5, 0.6) is 0 Å². The second kappa shape index (κ2) is 5.53. The van der Waals surface area contributed by atoms with E-state index in [0.717, 1.165) is 6.07 Å². The van der Waals surface area contributed by atoms with Crippen LogP contribution in [0.1, 0.15) is 30.4 Å². The van der Waals surface area contributed by atoms with Crippen molar-refractivity contribution >= 4 is 21.7 Å². The predicted octanol–water partition coefficient (Wildman–Crippen LogP) is 4.05. The molecule has 1 rings (SSSR count). The molecule has 2 nitrogen and oxygen atoms in total. The minimum Gasteiger partial charge on any atom is -0.300 e. The van der Waals surface area contributed by atoms with E-state index in [1.54, 1.807) is 6.07 Å². The van der Waals surface area contributed by atoms with Gasteiger partial charge in [-0.1, -0.05) is 22.0 Å². The standard InChI is InChI=1S/C12H9BrF3NO/c1-7(18)5-8(6-17)11-9(12(14,15)16)3-2-4-10(11)13/h2-4,8H,5H2,1H3. The van der Waals surface area contributed by atoms with Crippen LogP contribution in [0.4, 0.5) is 13.2 Å². The van der Waals surface area contributed by atoms with Gasteiger partial charge >= 0.3 is 6.18 Å². The van der Waals surface area contributed by atoms with Gasteiger partial charge in [-0.3, -0.25) is 4.79 Å². The molecule has 0 radical (unpaired) electrons. The lowest BCUT2D eigenvalue weighted by molar-refractivity contribution is -0.138. The number of carbonyl (C=O) groups is 1. The lowest BCUT2D eigenvalue weighted by Crippen LogP contribution is -2.13. The maximum Gasteiger partial charge on any atom is 0.416 e. The number of carbonyl (C=O) groups excluding carboxylic acids is 1. The average Bonchev–Trinajstić information content (AvgIpc) is 2.24. The van der Waals surface area contributed by atoms with Gasteiger partial charge in [0.05, 0.1) is 17.6 Å². The van der Waals surface area contributed by atoms with Crippen molar-refractivity contribution in [2.45, 2.75) is 25.4 Å². The van der Waals surface area contributed by atoms with E-state index < -0.39 is 17.7 Å². The summed E-state index contributed by atoms with van der Waals surface area (Å²) in [7, 11) is 0. The summed E-state index contributed by atoms with van der Waals surface area (Å²) in [6.45, 7) is 1.24. The van der Waals surface area contributed by atoms with Crippen molar-refractivity contribution in [3.05, 3.63) is 33.8 Å². The summed E-state index contributed by atoms with van der Waals surface area (Å²) in [5.41, 5.74) is -1.06. The van der Waals surface area contributed by atoms with E-state index in [0.29, 0.717) is 0 Å². The van der Waals surface area contributed by atoms with E-state index in [9.17, 15) is 18.0 Å². The van der Waals surface area contributed by atoms with Gasteiger partial charge in [0, 0.05) is 10.9 Å². The van der Waals surface area contributed by atoms with Crippen LogP contribution in [0.25, 0.3) is 0 Å². The molecule has 0 N–H and O–H groups in total. The Balaban J connectivity index is 3.38. The molecular formula is C12H9BrF3NO. The molecule has 96 valence electrons. The number of hydrogen-bond acceptors (Lipinski definition) is 2. The first-order valence-electron chi connectivity index (χ1n) is 5.02. The fraction of sp³-hybridized carbons (Fsp3) is 0.333. The Morgan fingerprint density at radius 3 is 2.56 bits per heavy atom. The van der Waals surface area contributed by atoms with E-state index in [1.165, 1.54) is 19.1 Å². The number of hydrogen-bond donors (Lipinski definition) is 0. The summed E-state index contributed by atoms with van der Waals surface area (Å²) in [6, 6.07) is 5.33. The van der Waals surface area contributed by atoms with Crippen LogP contribution in [-0.2, 0) is 11.0 Å². The lowest BCUT2D eigenvalue weighted by atomic mass is 9.91. The van der Waals surface area contributed by atoms with Crippen LogP contribution < -0.4 is 0 Å². The molecule has 1 atom stereocenters. The molecular weight excluding hydrogens is 311 g/mol. The summed E-state index contributed by atoms with van der Waals surface area (Å²) in [6.07, 6.45) is -4.78. The Hall–Kier alpha value is -1.35. The Labute approximate surface area is 111 Å². The molecule has 1 unspecified atom stereocenters. The highest BCUT2D eigenvalue weighted by Crippen LogP contribution is 2.39. The lowest BCUT2D eigenvalue weighted by Gasteiger charge is -2.17. The van der Waals surface area contributed by atoms with E-state index in [2.05, 4.69) is 15.9 Å². The first-order chi connectivity index (χ1) is 8.27. The number of ketones is 1. The molecule has 0 fully saturated rings. The average molecular weight is 320 g/mol. The zero-order valence-electron chi connectivity index (χ0n) is 9.38. The molecule has 0 amide bonds. The fourth-order valence-corrected chi connectivity index (χ4v) is 2.28. The Bertz CT molecular complexity index is 505.